The van der Waals surface area contributed by atoms with Gasteiger partial charge in [-0.25, -0.2) is 9.69 Å². The van der Waals surface area contributed by atoms with Crippen molar-refractivity contribution in [3.05, 3.63) is 12.7 Å². The molecule has 104 valence electrons. The number of urea groups is 1. The summed E-state index contributed by atoms with van der Waals surface area (Å²) in [6.07, 6.45) is 1.34. The topological polar surface area (TPSA) is 86.8 Å². The van der Waals surface area contributed by atoms with Crippen molar-refractivity contribution in [3.63, 3.8) is 0 Å². The monoisotopic (exact) mass is 267 g/mol. The number of carbonyl (C=O) groups is 4. The lowest BCUT2D eigenvalue weighted by atomic mass is 10.1. The van der Waals surface area contributed by atoms with E-state index < -0.39 is 35.8 Å². The molecule has 1 rings (SSSR count). The average Bonchev–Trinajstić information content (AvgIpc) is 2.44. The Hall–Kier alpha value is -2.18. The molecule has 1 fully saturated rings. The van der Waals surface area contributed by atoms with Crippen LogP contribution in [-0.2, 0) is 14.4 Å². The van der Waals surface area contributed by atoms with Crippen LogP contribution in [0.4, 0.5) is 4.79 Å². The van der Waals surface area contributed by atoms with Crippen LogP contribution in [0.2, 0.25) is 0 Å². The highest BCUT2D eigenvalue weighted by Gasteiger charge is 2.44. The van der Waals surface area contributed by atoms with Gasteiger partial charge in [-0.2, -0.15) is 0 Å². The summed E-state index contributed by atoms with van der Waals surface area (Å²) < 4.78 is 0. The number of hydrogen-bond acceptors (Lipinski definition) is 4. The molecule has 1 heterocycles. The van der Waals surface area contributed by atoms with Crippen LogP contribution in [0.1, 0.15) is 20.8 Å². The van der Waals surface area contributed by atoms with Gasteiger partial charge in [0.25, 0.3) is 0 Å². The van der Waals surface area contributed by atoms with Gasteiger partial charge in [0.05, 0.1) is 0 Å². The number of hydrogen-bond donors (Lipinski definition) is 1. The van der Waals surface area contributed by atoms with Crippen LogP contribution in [0.25, 0.3) is 0 Å². The molecule has 0 bridgehead atoms. The summed E-state index contributed by atoms with van der Waals surface area (Å²) in [5, 5.41) is 2.61. The molecule has 0 radical (unpaired) electrons. The van der Waals surface area contributed by atoms with Crippen LogP contribution in [-0.4, -0.2) is 52.2 Å². The number of carbonyl (C=O) groups excluding carboxylic acids is 4. The summed E-state index contributed by atoms with van der Waals surface area (Å²) in [6.45, 7) is 8.19. The lowest BCUT2D eigenvalue weighted by Crippen LogP contribution is -2.47. The Morgan fingerprint density at radius 1 is 1.21 bits per heavy atom. The van der Waals surface area contributed by atoms with E-state index in [1.807, 2.05) is 0 Å². The SMILES string of the molecule is C=CCN1C(=O)C(=O)N(CC(=O)NC(C)(C)C)C1=O. The Balaban J connectivity index is 2.77. The molecule has 0 saturated carbocycles. The fraction of sp³-hybridized carbons (Fsp3) is 0.500. The molecule has 19 heavy (non-hydrogen) atoms. The minimum absolute atomic E-state index is 0.0548. The highest BCUT2D eigenvalue weighted by molar-refractivity contribution is 6.45. The van der Waals surface area contributed by atoms with Gasteiger partial charge in [-0.15, -0.1) is 6.58 Å². The van der Waals surface area contributed by atoms with Crippen LogP contribution < -0.4 is 5.32 Å². The molecule has 0 unspecified atom stereocenters. The predicted octanol–water partition coefficient (Wildman–Crippen LogP) is -0.122. The van der Waals surface area contributed by atoms with Gasteiger partial charge in [0.1, 0.15) is 6.54 Å². The van der Waals surface area contributed by atoms with E-state index in [2.05, 4.69) is 11.9 Å². The molecule has 0 atom stereocenters. The number of rotatable bonds is 4. The summed E-state index contributed by atoms with van der Waals surface area (Å²) in [7, 11) is 0. The third-order valence-corrected chi connectivity index (χ3v) is 2.26. The van der Waals surface area contributed by atoms with Crippen molar-refractivity contribution in [3.8, 4) is 0 Å². The molecule has 0 aromatic carbocycles. The fourth-order valence-corrected chi connectivity index (χ4v) is 1.58. The summed E-state index contributed by atoms with van der Waals surface area (Å²) in [5.74, 6) is -2.42. The molecule has 0 aliphatic carbocycles. The Morgan fingerprint density at radius 2 is 1.74 bits per heavy atom. The lowest BCUT2D eigenvalue weighted by Gasteiger charge is -2.22. The van der Waals surface area contributed by atoms with Crippen LogP contribution in [0.3, 0.4) is 0 Å². The van der Waals surface area contributed by atoms with E-state index >= 15 is 0 Å². The molecule has 0 aromatic heterocycles. The zero-order chi connectivity index (χ0) is 14.8. The van der Waals surface area contributed by atoms with E-state index in [0.717, 1.165) is 4.90 Å². The molecule has 1 saturated heterocycles. The third kappa shape index (κ3) is 3.40. The minimum Gasteiger partial charge on any atom is -0.350 e. The smallest absolute Gasteiger partial charge is 0.335 e. The molecule has 7 nitrogen and oxygen atoms in total. The average molecular weight is 267 g/mol. The second-order valence-electron chi connectivity index (χ2n) is 5.18. The minimum atomic E-state index is -0.990. The zero-order valence-corrected chi connectivity index (χ0v) is 11.2. The summed E-state index contributed by atoms with van der Waals surface area (Å²) in [5.41, 5.74) is -0.478. The van der Waals surface area contributed by atoms with Gasteiger partial charge in [-0.05, 0) is 20.8 Å². The quantitative estimate of drug-likeness (QED) is 0.437. The summed E-state index contributed by atoms with van der Waals surface area (Å²) >= 11 is 0. The van der Waals surface area contributed by atoms with E-state index in [1.165, 1.54) is 6.08 Å². The second kappa shape index (κ2) is 5.21. The van der Waals surface area contributed by atoms with Gasteiger partial charge in [0, 0.05) is 12.1 Å². The van der Waals surface area contributed by atoms with E-state index in [1.54, 1.807) is 20.8 Å². The fourth-order valence-electron chi connectivity index (χ4n) is 1.58. The highest BCUT2D eigenvalue weighted by atomic mass is 16.2. The van der Waals surface area contributed by atoms with Gasteiger partial charge in [0.2, 0.25) is 5.91 Å². The number of imide groups is 2. The van der Waals surface area contributed by atoms with Crippen molar-refractivity contribution in [1.82, 2.24) is 15.1 Å². The largest absolute Gasteiger partial charge is 0.350 e. The van der Waals surface area contributed by atoms with E-state index in [-0.39, 0.29) is 6.54 Å². The first kappa shape index (κ1) is 14.9. The molecular weight excluding hydrogens is 250 g/mol. The molecule has 1 aliphatic heterocycles. The summed E-state index contributed by atoms with van der Waals surface area (Å²) in [4.78, 5) is 48.0. The van der Waals surface area contributed by atoms with Crippen molar-refractivity contribution < 1.29 is 19.2 Å². The van der Waals surface area contributed by atoms with Crippen LogP contribution in [0.15, 0.2) is 12.7 Å². The number of amides is 5. The van der Waals surface area contributed by atoms with Crippen molar-refractivity contribution in [2.45, 2.75) is 26.3 Å². The van der Waals surface area contributed by atoms with Gasteiger partial charge < -0.3 is 5.32 Å². The Kier molecular flexibility index (Phi) is 4.08. The second-order valence-corrected chi connectivity index (χ2v) is 5.18. The molecule has 1 N–H and O–H groups in total. The van der Waals surface area contributed by atoms with Crippen molar-refractivity contribution in [2.24, 2.45) is 0 Å². The van der Waals surface area contributed by atoms with E-state index in [9.17, 15) is 19.2 Å². The molecule has 7 heteroatoms. The third-order valence-electron chi connectivity index (χ3n) is 2.26. The van der Waals surface area contributed by atoms with E-state index in [4.69, 9.17) is 0 Å². The first-order chi connectivity index (χ1) is 8.67. The Labute approximate surface area is 111 Å². The Bertz CT molecular complexity index is 450. The maximum absolute atomic E-state index is 11.8. The van der Waals surface area contributed by atoms with E-state index in [0.29, 0.717) is 4.90 Å². The number of nitrogens with one attached hydrogen (secondary N) is 1. The lowest BCUT2D eigenvalue weighted by molar-refractivity contribution is -0.143. The molecular formula is C12H17N3O4. The van der Waals surface area contributed by atoms with Gasteiger partial charge in [0.15, 0.2) is 0 Å². The van der Waals surface area contributed by atoms with Crippen molar-refractivity contribution in [1.29, 1.82) is 0 Å². The number of nitrogens with zero attached hydrogens (tertiary/aromatic N) is 2. The van der Waals surface area contributed by atoms with Crippen molar-refractivity contribution in [2.75, 3.05) is 13.1 Å². The van der Waals surface area contributed by atoms with Crippen LogP contribution in [0.5, 0.6) is 0 Å². The predicted molar refractivity (Wildman–Crippen MR) is 66.9 cm³/mol. The molecule has 0 spiro atoms. The molecule has 1 aliphatic rings. The summed E-state index contributed by atoms with van der Waals surface area (Å²) in [6, 6.07) is -0.793. The standard InChI is InChI=1S/C12H17N3O4/c1-5-6-14-9(17)10(18)15(11(14)19)7-8(16)13-12(2,3)4/h5H,1,6-7H2,2-4H3,(H,13,16). The molecule has 0 aromatic rings. The maximum atomic E-state index is 11.8. The first-order valence-electron chi connectivity index (χ1n) is 5.76. The zero-order valence-electron chi connectivity index (χ0n) is 11.2. The van der Waals surface area contributed by atoms with Crippen molar-refractivity contribution >= 4 is 23.8 Å². The normalized spacial score (nSPS) is 16.1. The van der Waals surface area contributed by atoms with Crippen LogP contribution in [0, 0.1) is 0 Å². The van der Waals surface area contributed by atoms with Gasteiger partial charge in [-0.3, -0.25) is 19.3 Å². The first-order valence-corrected chi connectivity index (χ1v) is 5.76. The van der Waals surface area contributed by atoms with Crippen LogP contribution >= 0.6 is 0 Å². The Morgan fingerprint density at radius 3 is 2.21 bits per heavy atom. The van der Waals surface area contributed by atoms with Gasteiger partial charge in [-0.1, -0.05) is 6.08 Å². The molecule has 5 amide bonds. The highest BCUT2D eigenvalue weighted by Crippen LogP contribution is 2.11. The van der Waals surface area contributed by atoms with Gasteiger partial charge >= 0.3 is 17.8 Å². The maximum Gasteiger partial charge on any atom is 0.335 e.